The smallest absolute Gasteiger partial charge is 1.00 e. The summed E-state index contributed by atoms with van der Waals surface area (Å²) in [5.41, 5.74) is 5.81. The van der Waals surface area contributed by atoms with Crippen molar-refractivity contribution < 1.29 is 65.4 Å². The summed E-state index contributed by atoms with van der Waals surface area (Å²) in [4.78, 5) is 21.9. The quantitative estimate of drug-likeness (QED) is 0.255. The van der Waals surface area contributed by atoms with Gasteiger partial charge in [0.05, 0.1) is 0 Å². The van der Waals surface area contributed by atoms with Gasteiger partial charge in [0.1, 0.15) is 10.3 Å². The van der Waals surface area contributed by atoms with Gasteiger partial charge < -0.3 is 34.6 Å². The molecular weight excluding hydrogens is 461 g/mol. The topological polar surface area (TPSA) is 80.3 Å². The number of allylic oxidation sites excluding steroid dienone is 8. The van der Waals surface area contributed by atoms with Crippen LogP contribution in [0.15, 0.2) is 33.4 Å². The van der Waals surface area contributed by atoms with Crippen LogP contribution in [0.25, 0.3) is 0 Å². The molecule has 0 aromatic heterocycles. The fraction of sp³-hybridized carbons (Fsp3) is 0.556. The Morgan fingerprint density at radius 2 is 0.926 bits per heavy atom. The Morgan fingerprint density at radius 1 is 0.704 bits per heavy atom. The van der Waals surface area contributed by atoms with Gasteiger partial charge in [-0.3, -0.25) is 0 Å². The van der Waals surface area contributed by atoms with E-state index in [1.165, 1.54) is 0 Å². The zero-order valence-corrected chi connectivity index (χ0v) is 21.6. The number of rotatable bonds is 2. The van der Waals surface area contributed by atoms with E-state index in [9.17, 15) is 18.9 Å². The molecular formula is C18H24Cl2O4P2Ti. The summed E-state index contributed by atoms with van der Waals surface area (Å²) in [6.45, 7) is 14.7. The van der Waals surface area contributed by atoms with Gasteiger partial charge in [-0.1, -0.05) is 36.8 Å². The summed E-state index contributed by atoms with van der Waals surface area (Å²) in [5.74, 6) is 0. The summed E-state index contributed by atoms with van der Waals surface area (Å²) >= 11 is 0. The molecule has 4 nitrogen and oxygen atoms in total. The van der Waals surface area contributed by atoms with Gasteiger partial charge in [0.25, 0.3) is 0 Å². The van der Waals surface area contributed by atoms with Crippen LogP contribution in [0.5, 0.6) is 0 Å². The van der Waals surface area contributed by atoms with E-state index >= 15 is 0 Å². The van der Waals surface area contributed by atoms with Crippen molar-refractivity contribution in [3.63, 3.8) is 0 Å². The van der Waals surface area contributed by atoms with Crippen molar-refractivity contribution in [1.82, 2.24) is 0 Å². The number of hydrogen-bond donors (Lipinski definition) is 0. The third kappa shape index (κ3) is 6.17. The van der Waals surface area contributed by atoms with Crippen molar-refractivity contribution in [2.45, 2.75) is 65.7 Å². The molecule has 0 saturated heterocycles. The molecule has 2 aliphatic rings. The van der Waals surface area contributed by atoms with Gasteiger partial charge in [0.2, 0.25) is 0 Å². The fourth-order valence-electron chi connectivity index (χ4n) is 2.76. The zero-order chi connectivity index (χ0) is 19.0. The van der Waals surface area contributed by atoms with E-state index in [2.05, 4.69) is 12.2 Å². The Bertz CT molecular complexity index is 682. The van der Waals surface area contributed by atoms with Crippen LogP contribution in [-0.4, -0.2) is 10.3 Å². The molecule has 4 atom stereocenters. The van der Waals surface area contributed by atoms with Crippen LogP contribution >= 0.6 is 16.1 Å². The van der Waals surface area contributed by atoms with E-state index < -0.39 is 26.4 Å². The van der Waals surface area contributed by atoms with Gasteiger partial charge in [0.15, 0.2) is 0 Å². The monoisotopic (exact) mass is 484 g/mol. The molecule has 0 fully saturated rings. The number of halogens is 2. The molecule has 4 unspecified atom stereocenters. The maximum absolute atomic E-state index is 11.0. The fourth-order valence-corrected chi connectivity index (χ4v) is 4.16. The van der Waals surface area contributed by atoms with Crippen molar-refractivity contribution in [3.8, 4) is 0 Å². The normalized spacial score (nSPS) is 27.3. The van der Waals surface area contributed by atoms with Gasteiger partial charge in [0, 0.05) is 0 Å². The Balaban J connectivity index is -0.000000384. The second-order valence-electron chi connectivity index (χ2n) is 6.66. The molecule has 2 rings (SSSR count). The van der Waals surface area contributed by atoms with Crippen molar-refractivity contribution in [2.24, 2.45) is 0 Å². The van der Waals surface area contributed by atoms with Gasteiger partial charge >= 0.3 is 37.8 Å². The van der Waals surface area contributed by atoms with E-state index in [0.717, 1.165) is 33.4 Å². The van der Waals surface area contributed by atoms with Crippen LogP contribution in [0.1, 0.15) is 55.4 Å². The summed E-state index contributed by atoms with van der Waals surface area (Å²) in [5, 5.41) is -1.72. The maximum Gasteiger partial charge on any atom is 4.00 e. The Hall–Kier alpha value is 0.374. The minimum atomic E-state index is -2.47. The van der Waals surface area contributed by atoms with Crippen molar-refractivity contribution >= 4 is 16.1 Å². The number of hydrogen-bond acceptors (Lipinski definition) is 4. The van der Waals surface area contributed by atoms with E-state index in [4.69, 9.17) is 0 Å². The third-order valence-corrected chi connectivity index (χ3v) is 7.66. The van der Waals surface area contributed by atoms with Crippen LogP contribution in [-0.2, 0) is 30.8 Å². The average Bonchev–Trinajstić information content (AvgIpc) is 2.82. The third-order valence-electron chi connectivity index (χ3n) is 5.30. The van der Waals surface area contributed by atoms with Crippen LogP contribution in [0.2, 0.25) is 0 Å². The van der Waals surface area contributed by atoms with Gasteiger partial charge in [-0.25, -0.2) is 23.3 Å². The molecule has 0 spiro atoms. The van der Waals surface area contributed by atoms with Gasteiger partial charge in [-0.2, -0.15) is 11.1 Å². The SMILES string of the molecule is CC1=[C-]C(C)([P+](=O)[O-])C(C)=C1C.CC1=[C-]C(C)([P+](=O)[O-])C(C)=C1C.[Cl-].[Cl-].[Ti+4]. The molecule has 0 bridgehead atoms. The van der Waals surface area contributed by atoms with E-state index in [0.29, 0.717) is 0 Å². The van der Waals surface area contributed by atoms with Crippen LogP contribution in [0.4, 0.5) is 0 Å². The molecule has 148 valence electrons. The summed E-state index contributed by atoms with van der Waals surface area (Å²) in [6.07, 6.45) is 5.95. The zero-order valence-electron chi connectivity index (χ0n) is 16.8. The summed E-state index contributed by atoms with van der Waals surface area (Å²) < 4.78 is 21.9. The van der Waals surface area contributed by atoms with Crippen LogP contribution < -0.4 is 34.6 Å². The molecule has 27 heavy (non-hydrogen) atoms. The van der Waals surface area contributed by atoms with E-state index in [-0.39, 0.29) is 46.5 Å². The van der Waals surface area contributed by atoms with E-state index in [1.807, 2.05) is 41.5 Å². The first kappa shape index (κ1) is 32.1. The average molecular weight is 485 g/mol. The molecule has 0 aromatic rings. The van der Waals surface area contributed by atoms with Crippen LogP contribution in [0.3, 0.4) is 0 Å². The van der Waals surface area contributed by atoms with E-state index in [1.54, 1.807) is 13.8 Å². The molecule has 0 aromatic carbocycles. The molecule has 0 aliphatic heterocycles. The second-order valence-corrected chi connectivity index (χ2v) is 9.48. The standard InChI is InChI=1S/2C9H12O2P.2ClH.Ti/c2*1-6-5-9(4,12(10)11)8(3)7(6)2;;;/h2*1-4H3;2*1H;/q2*-1;;;+4/p-2. The first-order valence-electron chi connectivity index (χ1n) is 7.68. The molecule has 0 radical (unpaired) electrons. The molecule has 0 saturated carbocycles. The minimum absolute atomic E-state index is 0. The molecule has 0 N–H and O–H groups in total. The predicted octanol–water partition coefficient (Wildman–Crippen LogP) is -2.10. The Morgan fingerprint density at radius 3 is 1.00 bits per heavy atom. The van der Waals surface area contributed by atoms with Gasteiger partial charge in [-0.05, 0) is 13.8 Å². The predicted molar refractivity (Wildman–Crippen MR) is 93.6 cm³/mol. The molecule has 9 heteroatoms. The molecule has 0 amide bonds. The maximum atomic E-state index is 11.0. The first-order chi connectivity index (χ1) is 10.8. The summed E-state index contributed by atoms with van der Waals surface area (Å²) in [6, 6.07) is 0. The molecule has 2 aliphatic carbocycles. The first-order valence-corrected chi connectivity index (χ1v) is 10.0. The van der Waals surface area contributed by atoms with Crippen molar-refractivity contribution in [1.29, 1.82) is 0 Å². The van der Waals surface area contributed by atoms with Gasteiger partial charge in [-0.15, -0.1) is 25.0 Å². The Labute approximate surface area is 192 Å². The Kier molecular flexibility index (Phi) is 13.7. The van der Waals surface area contributed by atoms with Crippen molar-refractivity contribution in [2.75, 3.05) is 0 Å². The largest absolute Gasteiger partial charge is 4.00 e. The minimum Gasteiger partial charge on any atom is -1.00 e. The summed E-state index contributed by atoms with van der Waals surface area (Å²) in [7, 11) is -4.93. The second kappa shape index (κ2) is 11.5. The van der Waals surface area contributed by atoms with Crippen LogP contribution in [0, 0.1) is 12.2 Å². The van der Waals surface area contributed by atoms with Crippen molar-refractivity contribution in [3.05, 3.63) is 45.6 Å². The molecule has 0 heterocycles.